The number of anilines is 2. The lowest BCUT2D eigenvalue weighted by atomic mass is 10.1. The Morgan fingerprint density at radius 1 is 1.05 bits per heavy atom. The molecule has 192 valence electrons. The molecule has 0 bridgehead atoms. The van der Waals surface area contributed by atoms with E-state index in [2.05, 4.69) is 20.3 Å². The minimum atomic E-state index is -1.45. The molecule has 4 aromatic rings. The van der Waals surface area contributed by atoms with Gasteiger partial charge in [0.1, 0.15) is 42.5 Å². The lowest BCUT2D eigenvalue weighted by Gasteiger charge is -2.25. The molecule has 0 radical (unpaired) electrons. The van der Waals surface area contributed by atoms with Crippen molar-refractivity contribution in [3.05, 3.63) is 77.8 Å². The number of ether oxygens (including phenoxy) is 2. The van der Waals surface area contributed by atoms with Crippen molar-refractivity contribution in [2.45, 2.75) is 26.1 Å². The number of pyridine rings is 1. The summed E-state index contributed by atoms with van der Waals surface area (Å²) in [6.45, 7) is 3.74. The van der Waals surface area contributed by atoms with Gasteiger partial charge in [0.2, 0.25) is 0 Å². The van der Waals surface area contributed by atoms with E-state index in [1.165, 1.54) is 25.1 Å². The molecule has 2 aromatic heterocycles. The Kier molecular flexibility index (Phi) is 8.05. The normalized spacial score (nSPS) is 11.3. The zero-order valence-electron chi connectivity index (χ0n) is 20.8. The maximum Gasteiger partial charge on any atom is 0.253 e. The standard InChI is InChI=1S/C27H28ClN5O4/c1-27(2,35)26(34)33(3)13-14-36-23-9-6-8-21-24(23)25(31-17-30-21)32-18-10-11-22(20(28)15-18)37-16-19-7-4-5-12-29-19/h4-12,15,17,35H,13-14,16H2,1-3H3,(H,30,31,32). The Morgan fingerprint density at radius 2 is 1.89 bits per heavy atom. The van der Waals surface area contributed by atoms with Crippen molar-refractivity contribution in [3.8, 4) is 11.5 Å². The molecular formula is C27H28ClN5O4. The first-order chi connectivity index (χ1) is 17.7. The van der Waals surface area contributed by atoms with E-state index < -0.39 is 5.60 Å². The third kappa shape index (κ3) is 6.63. The molecule has 0 atom stereocenters. The van der Waals surface area contributed by atoms with E-state index in [1.54, 1.807) is 25.4 Å². The number of amides is 1. The van der Waals surface area contributed by atoms with E-state index in [1.807, 2.05) is 42.5 Å². The lowest BCUT2D eigenvalue weighted by molar-refractivity contribution is -0.146. The molecule has 2 aromatic carbocycles. The van der Waals surface area contributed by atoms with Crippen LogP contribution in [0.1, 0.15) is 19.5 Å². The zero-order chi connectivity index (χ0) is 26.4. The fraction of sp³-hybridized carbons (Fsp3) is 0.259. The number of hydrogen-bond donors (Lipinski definition) is 2. The molecule has 0 aliphatic rings. The first-order valence-corrected chi connectivity index (χ1v) is 12.0. The van der Waals surface area contributed by atoms with Crippen molar-refractivity contribution in [1.29, 1.82) is 0 Å². The van der Waals surface area contributed by atoms with Gasteiger partial charge in [0.05, 0.1) is 28.2 Å². The van der Waals surface area contributed by atoms with Gasteiger partial charge in [-0.15, -0.1) is 0 Å². The number of nitrogens with zero attached hydrogens (tertiary/aromatic N) is 4. The van der Waals surface area contributed by atoms with Gasteiger partial charge in [0, 0.05) is 18.9 Å². The van der Waals surface area contributed by atoms with Gasteiger partial charge in [0.15, 0.2) is 0 Å². The van der Waals surface area contributed by atoms with Gasteiger partial charge in [-0.1, -0.05) is 23.7 Å². The second kappa shape index (κ2) is 11.4. The van der Waals surface area contributed by atoms with Crippen LogP contribution in [0.3, 0.4) is 0 Å². The quantitative estimate of drug-likeness (QED) is 0.311. The molecule has 9 nitrogen and oxygen atoms in total. The molecular weight excluding hydrogens is 494 g/mol. The van der Waals surface area contributed by atoms with Crippen molar-refractivity contribution in [3.63, 3.8) is 0 Å². The molecule has 0 fully saturated rings. The SMILES string of the molecule is CN(CCOc1cccc2ncnc(Nc3ccc(OCc4ccccn4)c(Cl)c3)c12)C(=O)C(C)(C)O. The summed E-state index contributed by atoms with van der Waals surface area (Å²) < 4.78 is 11.8. The maximum atomic E-state index is 12.2. The summed E-state index contributed by atoms with van der Waals surface area (Å²) >= 11 is 6.47. The van der Waals surface area contributed by atoms with Gasteiger partial charge in [-0.2, -0.15) is 0 Å². The summed E-state index contributed by atoms with van der Waals surface area (Å²) in [6, 6.07) is 16.5. The predicted octanol–water partition coefficient (Wildman–Crippen LogP) is 4.61. The molecule has 0 unspecified atom stereocenters. The molecule has 37 heavy (non-hydrogen) atoms. The Labute approximate surface area is 220 Å². The van der Waals surface area contributed by atoms with Gasteiger partial charge < -0.3 is 24.8 Å². The molecule has 0 saturated carbocycles. The average Bonchev–Trinajstić information content (AvgIpc) is 2.88. The highest BCUT2D eigenvalue weighted by Gasteiger charge is 2.27. The molecule has 4 rings (SSSR count). The number of carbonyl (C=O) groups excluding carboxylic acids is 1. The molecule has 2 heterocycles. The minimum absolute atomic E-state index is 0.222. The second-order valence-corrected chi connectivity index (χ2v) is 9.29. The molecule has 10 heteroatoms. The van der Waals surface area contributed by atoms with Crippen LogP contribution < -0.4 is 14.8 Å². The monoisotopic (exact) mass is 521 g/mol. The summed E-state index contributed by atoms with van der Waals surface area (Å²) in [5.41, 5.74) is 0.758. The number of nitrogens with one attached hydrogen (secondary N) is 1. The Bertz CT molecular complexity index is 1370. The molecule has 2 N–H and O–H groups in total. The first-order valence-electron chi connectivity index (χ1n) is 11.7. The third-order valence-corrected chi connectivity index (χ3v) is 5.77. The molecule has 0 aliphatic carbocycles. The van der Waals surface area contributed by atoms with Gasteiger partial charge in [-0.25, -0.2) is 9.97 Å². The number of benzene rings is 2. The van der Waals surface area contributed by atoms with E-state index in [0.717, 1.165) is 5.69 Å². The van der Waals surface area contributed by atoms with Gasteiger partial charge in [-0.3, -0.25) is 9.78 Å². The van der Waals surface area contributed by atoms with Crippen LogP contribution in [-0.4, -0.2) is 56.7 Å². The van der Waals surface area contributed by atoms with Gasteiger partial charge in [0.25, 0.3) is 5.91 Å². The Morgan fingerprint density at radius 3 is 2.62 bits per heavy atom. The highest BCUT2D eigenvalue weighted by atomic mass is 35.5. The molecule has 1 amide bonds. The molecule has 0 aliphatic heterocycles. The first kappa shape index (κ1) is 26.1. The molecule has 0 saturated heterocycles. The smallest absolute Gasteiger partial charge is 0.253 e. The Balaban J connectivity index is 1.48. The average molecular weight is 522 g/mol. The van der Waals surface area contributed by atoms with E-state index in [4.69, 9.17) is 21.1 Å². The number of halogens is 1. The van der Waals surface area contributed by atoms with Crippen LogP contribution in [0.15, 0.2) is 67.1 Å². The topological polar surface area (TPSA) is 110 Å². The number of aliphatic hydroxyl groups is 1. The summed E-state index contributed by atoms with van der Waals surface area (Å²) in [5.74, 6) is 1.26. The maximum absolute atomic E-state index is 12.2. The van der Waals surface area contributed by atoms with E-state index in [9.17, 15) is 9.90 Å². The van der Waals surface area contributed by atoms with Gasteiger partial charge >= 0.3 is 0 Å². The van der Waals surface area contributed by atoms with Crippen LogP contribution in [0.2, 0.25) is 5.02 Å². The van der Waals surface area contributed by atoms with Crippen molar-refractivity contribution in [2.24, 2.45) is 0 Å². The zero-order valence-corrected chi connectivity index (χ0v) is 21.6. The minimum Gasteiger partial charge on any atom is -0.491 e. The van der Waals surface area contributed by atoms with Crippen molar-refractivity contribution >= 4 is 39.9 Å². The molecule has 0 spiro atoms. The third-order valence-electron chi connectivity index (χ3n) is 5.48. The van der Waals surface area contributed by atoms with Gasteiger partial charge in [-0.05, 0) is 56.3 Å². The summed E-state index contributed by atoms with van der Waals surface area (Å²) in [5, 5.41) is 14.3. The van der Waals surface area contributed by atoms with Crippen molar-refractivity contribution in [2.75, 3.05) is 25.5 Å². The second-order valence-electron chi connectivity index (χ2n) is 8.89. The van der Waals surface area contributed by atoms with Crippen molar-refractivity contribution in [1.82, 2.24) is 19.9 Å². The summed E-state index contributed by atoms with van der Waals surface area (Å²) in [4.78, 5) is 26.7. The fourth-order valence-electron chi connectivity index (χ4n) is 3.62. The number of hydrogen-bond acceptors (Lipinski definition) is 8. The number of fused-ring (bicyclic) bond motifs is 1. The van der Waals surface area contributed by atoms with Crippen LogP contribution >= 0.6 is 11.6 Å². The number of likely N-dealkylation sites (N-methyl/N-ethyl adjacent to an activating group) is 1. The number of aromatic nitrogens is 3. The van der Waals surface area contributed by atoms with E-state index in [-0.39, 0.29) is 12.5 Å². The van der Waals surface area contributed by atoms with Crippen LogP contribution in [0.25, 0.3) is 10.9 Å². The highest BCUT2D eigenvalue weighted by molar-refractivity contribution is 6.32. The predicted molar refractivity (Wildman–Crippen MR) is 142 cm³/mol. The van der Waals surface area contributed by atoms with Crippen molar-refractivity contribution < 1.29 is 19.4 Å². The van der Waals surface area contributed by atoms with Crippen LogP contribution in [0.4, 0.5) is 11.5 Å². The van der Waals surface area contributed by atoms with Crippen LogP contribution in [0.5, 0.6) is 11.5 Å². The van der Waals surface area contributed by atoms with Crippen LogP contribution in [0, 0.1) is 0 Å². The number of rotatable bonds is 10. The van der Waals surface area contributed by atoms with E-state index in [0.29, 0.717) is 52.1 Å². The highest BCUT2D eigenvalue weighted by Crippen LogP contribution is 2.34. The Hall–Kier alpha value is -3.95. The fourth-order valence-corrected chi connectivity index (χ4v) is 3.86. The summed E-state index contributed by atoms with van der Waals surface area (Å²) in [6.07, 6.45) is 3.18. The van der Waals surface area contributed by atoms with Crippen LogP contribution in [-0.2, 0) is 11.4 Å². The van der Waals surface area contributed by atoms with E-state index >= 15 is 0 Å². The lowest BCUT2D eigenvalue weighted by Crippen LogP contribution is -2.44. The number of carbonyl (C=O) groups is 1. The summed E-state index contributed by atoms with van der Waals surface area (Å²) in [7, 11) is 1.62. The largest absolute Gasteiger partial charge is 0.491 e.